The first kappa shape index (κ1) is 22.1. The van der Waals surface area contributed by atoms with Crippen LogP contribution in [0.4, 0.5) is 5.69 Å². The van der Waals surface area contributed by atoms with Crippen molar-refractivity contribution < 1.29 is 13.2 Å². The third kappa shape index (κ3) is 6.71. The van der Waals surface area contributed by atoms with E-state index in [1.165, 1.54) is 36.4 Å². The van der Waals surface area contributed by atoms with Gasteiger partial charge in [-0.25, -0.2) is 8.42 Å². The van der Waals surface area contributed by atoms with Gasteiger partial charge in [0.15, 0.2) is 0 Å². The fourth-order valence-electron chi connectivity index (χ4n) is 3.67. The molecule has 2 rings (SSSR count). The zero-order chi connectivity index (χ0) is 20.0. The average Bonchev–Trinajstić information content (AvgIpc) is 2.57. The minimum Gasteiger partial charge on any atom is -0.353 e. The molecule has 0 aliphatic heterocycles. The summed E-state index contributed by atoms with van der Waals surface area (Å²) in [5, 5.41) is 3.61. The Kier molecular flexibility index (Phi) is 8.04. The quantitative estimate of drug-likeness (QED) is 0.662. The van der Waals surface area contributed by atoms with E-state index >= 15 is 0 Å². The molecule has 0 spiro atoms. The minimum atomic E-state index is -3.58. The summed E-state index contributed by atoms with van der Waals surface area (Å²) in [4.78, 5) is 12.6. The van der Waals surface area contributed by atoms with Gasteiger partial charge in [-0.3, -0.25) is 9.10 Å². The lowest BCUT2D eigenvalue weighted by Crippen LogP contribution is -2.48. The second kappa shape index (κ2) is 9.82. The van der Waals surface area contributed by atoms with Gasteiger partial charge < -0.3 is 5.32 Å². The van der Waals surface area contributed by atoms with Gasteiger partial charge in [0.1, 0.15) is 6.04 Å². The Bertz CT molecular complexity index is 723. The second-order valence-corrected chi connectivity index (χ2v) is 10.8. The molecule has 0 saturated heterocycles. The highest BCUT2D eigenvalue weighted by atomic mass is 32.2. The van der Waals surface area contributed by atoms with Crippen LogP contribution in [-0.4, -0.2) is 44.2 Å². The Morgan fingerprint density at radius 2 is 1.78 bits per heavy atom. The predicted octanol–water partition coefficient (Wildman–Crippen LogP) is 3.64. The molecule has 1 aliphatic rings. The summed E-state index contributed by atoms with van der Waals surface area (Å²) in [7, 11) is -3.58. The summed E-state index contributed by atoms with van der Waals surface area (Å²) >= 11 is 1.92. The summed E-state index contributed by atoms with van der Waals surface area (Å²) in [5.41, 5.74) is 2.47. The van der Waals surface area contributed by atoms with Crippen LogP contribution in [0.3, 0.4) is 0 Å². The molecule has 1 aromatic carbocycles. The number of hydrogen-bond acceptors (Lipinski definition) is 4. The van der Waals surface area contributed by atoms with Crippen molar-refractivity contribution in [1.82, 2.24) is 5.32 Å². The third-order valence-corrected chi connectivity index (χ3v) is 7.48. The van der Waals surface area contributed by atoms with Crippen molar-refractivity contribution in [3.63, 3.8) is 0 Å². The van der Waals surface area contributed by atoms with E-state index in [1.807, 2.05) is 31.7 Å². The van der Waals surface area contributed by atoms with Crippen molar-refractivity contribution in [3.05, 3.63) is 29.3 Å². The monoisotopic (exact) mass is 412 g/mol. The number of carbonyl (C=O) groups is 1. The molecule has 0 heterocycles. The number of nitrogens with zero attached hydrogens (tertiary/aromatic N) is 1. The number of hydrogen-bond donors (Lipinski definition) is 1. The first-order valence-electron chi connectivity index (χ1n) is 9.65. The van der Waals surface area contributed by atoms with Gasteiger partial charge in [-0.1, -0.05) is 25.3 Å². The molecule has 0 radical (unpaired) electrons. The molecule has 5 nitrogen and oxygen atoms in total. The van der Waals surface area contributed by atoms with E-state index in [1.54, 1.807) is 19.1 Å². The Hall–Kier alpha value is -1.21. The Morgan fingerprint density at radius 1 is 1.19 bits per heavy atom. The van der Waals surface area contributed by atoms with E-state index in [0.717, 1.165) is 23.1 Å². The normalized spacial score (nSPS) is 16.7. The van der Waals surface area contributed by atoms with Gasteiger partial charge in [0.05, 0.1) is 11.9 Å². The number of carbonyl (C=O) groups excluding carboxylic acids is 1. The summed E-state index contributed by atoms with van der Waals surface area (Å²) in [5.74, 6) is 0.606. The first-order chi connectivity index (χ1) is 12.7. The summed E-state index contributed by atoms with van der Waals surface area (Å²) in [6.07, 6.45) is 7.63. The molecule has 1 aliphatic carbocycles. The third-order valence-electron chi connectivity index (χ3n) is 4.86. The van der Waals surface area contributed by atoms with Crippen molar-refractivity contribution in [1.29, 1.82) is 0 Å². The summed E-state index contributed by atoms with van der Waals surface area (Å²) < 4.78 is 26.0. The molecule has 0 unspecified atom stereocenters. The lowest BCUT2D eigenvalue weighted by molar-refractivity contribution is -0.121. The largest absolute Gasteiger partial charge is 0.353 e. The fourth-order valence-corrected chi connectivity index (χ4v) is 6.04. The second-order valence-electron chi connectivity index (χ2n) is 7.50. The van der Waals surface area contributed by atoms with Crippen LogP contribution in [0.15, 0.2) is 18.2 Å². The molecule has 0 bridgehead atoms. The van der Waals surface area contributed by atoms with Gasteiger partial charge in [-0.05, 0) is 56.9 Å². The highest BCUT2D eigenvalue weighted by Gasteiger charge is 2.29. The van der Waals surface area contributed by atoms with Crippen molar-refractivity contribution in [2.24, 2.45) is 0 Å². The van der Waals surface area contributed by atoms with Crippen LogP contribution < -0.4 is 9.62 Å². The molecule has 27 heavy (non-hydrogen) atoms. The Labute approximate surface area is 168 Å². The molecule has 1 aromatic rings. The molecule has 7 heteroatoms. The van der Waals surface area contributed by atoms with E-state index in [4.69, 9.17) is 0 Å². The topological polar surface area (TPSA) is 66.5 Å². The maximum atomic E-state index is 12.6. The highest BCUT2D eigenvalue weighted by molar-refractivity contribution is 7.99. The number of amides is 1. The number of thioether (sulfide) groups is 1. The predicted molar refractivity (Wildman–Crippen MR) is 115 cm³/mol. The van der Waals surface area contributed by atoms with Crippen molar-refractivity contribution in [2.75, 3.05) is 22.9 Å². The SMILES string of the molecule is Cc1cc(C)cc(N([C@H](C)C(=O)NCCSC2CCCCC2)S(C)(=O)=O)c1. The molecule has 1 fully saturated rings. The molecular weight excluding hydrogens is 380 g/mol. The summed E-state index contributed by atoms with van der Waals surface area (Å²) in [6, 6.07) is 4.80. The van der Waals surface area contributed by atoms with E-state index in [-0.39, 0.29) is 5.91 Å². The maximum absolute atomic E-state index is 12.6. The molecule has 1 amide bonds. The van der Waals surface area contributed by atoms with Crippen LogP contribution in [0.5, 0.6) is 0 Å². The lowest BCUT2D eigenvalue weighted by Gasteiger charge is -2.29. The van der Waals surface area contributed by atoms with Gasteiger partial charge in [-0.2, -0.15) is 11.8 Å². The van der Waals surface area contributed by atoms with Crippen molar-refractivity contribution in [3.8, 4) is 0 Å². The van der Waals surface area contributed by atoms with E-state index < -0.39 is 16.1 Å². The number of nitrogens with one attached hydrogen (secondary N) is 1. The minimum absolute atomic E-state index is 0.260. The Balaban J connectivity index is 1.97. The number of rotatable bonds is 8. The van der Waals surface area contributed by atoms with Crippen LogP contribution in [0.1, 0.15) is 50.2 Å². The standard InChI is InChI=1S/C20H32N2O3S2/c1-15-12-16(2)14-18(13-15)22(27(4,24)25)17(3)20(23)21-10-11-26-19-8-6-5-7-9-19/h12-14,17,19H,5-11H2,1-4H3,(H,21,23)/t17-/m1/s1. The molecule has 1 N–H and O–H groups in total. The van der Waals surface area contributed by atoms with Gasteiger partial charge in [0, 0.05) is 17.5 Å². The van der Waals surface area contributed by atoms with Gasteiger partial charge in [0.2, 0.25) is 15.9 Å². The number of anilines is 1. The molecule has 0 aromatic heterocycles. The van der Waals surface area contributed by atoms with E-state index in [9.17, 15) is 13.2 Å². The maximum Gasteiger partial charge on any atom is 0.243 e. The Morgan fingerprint density at radius 3 is 2.33 bits per heavy atom. The van der Waals surface area contributed by atoms with Crippen LogP contribution in [0.2, 0.25) is 0 Å². The molecule has 1 saturated carbocycles. The van der Waals surface area contributed by atoms with E-state index in [2.05, 4.69) is 5.32 Å². The van der Waals surface area contributed by atoms with Crippen LogP contribution in [-0.2, 0) is 14.8 Å². The van der Waals surface area contributed by atoms with Gasteiger partial charge in [0.25, 0.3) is 0 Å². The highest BCUT2D eigenvalue weighted by Crippen LogP contribution is 2.28. The van der Waals surface area contributed by atoms with E-state index in [0.29, 0.717) is 17.5 Å². The van der Waals surface area contributed by atoms with Crippen LogP contribution in [0.25, 0.3) is 0 Å². The molecule has 152 valence electrons. The molecular formula is C20H32N2O3S2. The number of benzene rings is 1. The first-order valence-corrected chi connectivity index (χ1v) is 12.5. The molecule has 1 atom stereocenters. The zero-order valence-electron chi connectivity index (χ0n) is 16.8. The van der Waals surface area contributed by atoms with Gasteiger partial charge >= 0.3 is 0 Å². The number of aryl methyl sites for hydroxylation is 2. The average molecular weight is 413 g/mol. The van der Waals surface area contributed by atoms with Gasteiger partial charge in [-0.15, -0.1) is 0 Å². The van der Waals surface area contributed by atoms with Crippen LogP contribution >= 0.6 is 11.8 Å². The fraction of sp³-hybridized carbons (Fsp3) is 0.650. The van der Waals surface area contributed by atoms with Crippen LogP contribution in [0, 0.1) is 13.8 Å². The summed E-state index contributed by atoms with van der Waals surface area (Å²) in [6.45, 7) is 6.05. The number of sulfonamides is 1. The van der Waals surface area contributed by atoms with Crippen molar-refractivity contribution in [2.45, 2.75) is 64.2 Å². The lowest BCUT2D eigenvalue weighted by atomic mass is 10.0. The zero-order valence-corrected chi connectivity index (χ0v) is 18.5. The smallest absolute Gasteiger partial charge is 0.243 e. The van der Waals surface area contributed by atoms with Crippen molar-refractivity contribution >= 4 is 33.4 Å².